The van der Waals surface area contributed by atoms with E-state index in [9.17, 15) is 0 Å². The predicted molar refractivity (Wildman–Crippen MR) is 76.9 cm³/mol. The first kappa shape index (κ1) is 12.7. The van der Waals surface area contributed by atoms with Crippen molar-refractivity contribution in [2.45, 2.75) is 38.0 Å². The molecule has 0 spiro atoms. The van der Waals surface area contributed by atoms with Crippen molar-refractivity contribution < 1.29 is 4.52 Å². The lowest BCUT2D eigenvalue weighted by atomic mass is 9.93. The van der Waals surface area contributed by atoms with E-state index in [1.807, 2.05) is 6.07 Å². The van der Waals surface area contributed by atoms with Gasteiger partial charge in [0.05, 0.1) is 0 Å². The molecule has 6 nitrogen and oxygen atoms in total. The zero-order chi connectivity index (χ0) is 14.1. The minimum Gasteiger partial charge on any atom is -0.357 e. The van der Waals surface area contributed by atoms with E-state index in [4.69, 9.17) is 4.52 Å². The van der Waals surface area contributed by atoms with E-state index in [0.29, 0.717) is 11.8 Å². The Labute approximate surface area is 123 Å². The number of nitrogens with zero attached hydrogens (tertiary/aromatic N) is 5. The summed E-state index contributed by atoms with van der Waals surface area (Å²) in [5.41, 5.74) is 0. The third-order valence-corrected chi connectivity index (χ3v) is 4.39. The molecule has 4 rings (SSSR count). The highest BCUT2D eigenvalue weighted by Crippen LogP contribution is 2.39. The van der Waals surface area contributed by atoms with Gasteiger partial charge in [-0.15, -0.1) is 0 Å². The van der Waals surface area contributed by atoms with Crippen molar-refractivity contribution in [3.8, 4) is 0 Å². The van der Waals surface area contributed by atoms with Crippen LogP contribution in [0.25, 0.3) is 0 Å². The van der Waals surface area contributed by atoms with Gasteiger partial charge in [-0.25, -0.2) is 9.97 Å². The van der Waals surface area contributed by atoms with Crippen molar-refractivity contribution in [2.75, 3.05) is 18.0 Å². The second kappa shape index (κ2) is 5.42. The van der Waals surface area contributed by atoms with Crippen LogP contribution >= 0.6 is 0 Å². The van der Waals surface area contributed by atoms with Gasteiger partial charge in [-0.05, 0) is 37.7 Å². The molecule has 0 aromatic carbocycles. The van der Waals surface area contributed by atoms with Gasteiger partial charge in [0.25, 0.3) is 0 Å². The minimum atomic E-state index is 0.547. The predicted octanol–water partition coefficient (Wildman–Crippen LogP) is 2.20. The van der Waals surface area contributed by atoms with Crippen molar-refractivity contribution in [3.05, 3.63) is 30.3 Å². The van der Waals surface area contributed by atoms with Crippen LogP contribution in [0.15, 0.2) is 23.1 Å². The van der Waals surface area contributed by atoms with Crippen molar-refractivity contribution in [2.24, 2.45) is 5.92 Å². The van der Waals surface area contributed by atoms with E-state index < -0.39 is 0 Å². The number of aromatic nitrogens is 4. The van der Waals surface area contributed by atoms with Crippen molar-refractivity contribution >= 4 is 5.82 Å². The zero-order valence-electron chi connectivity index (χ0n) is 12.0. The van der Waals surface area contributed by atoms with Gasteiger partial charge < -0.3 is 9.42 Å². The summed E-state index contributed by atoms with van der Waals surface area (Å²) in [7, 11) is 0. The van der Waals surface area contributed by atoms with Gasteiger partial charge >= 0.3 is 0 Å². The smallest absolute Gasteiger partial charge is 0.229 e. The molecule has 1 aliphatic carbocycles. The lowest BCUT2D eigenvalue weighted by Gasteiger charge is -2.32. The molecular weight excluding hydrogens is 266 g/mol. The van der Waals surface area contributed by atoms with E-state index in [1.54, 1.807) is 12.5 Å². The van der Waals surface area contributed by atoms with Gasteiger partial charge in [-0.3, -0.25) is 0 Å². The molecular formula is C15H19N5O. The van der Waals surface area contributed by atoms with Crippen molar-refractivity contribution in [1.29, 1.82) is 0 Å². The summed E-state index contributed by atoms with van der Waals surface area (Å²) in [5, 5.41) is 4.13. The zero-order valence-corrected chi connectivity index (χ0v) is 12.0. The highest BCUT2D eigenvalue weighted by molar-refractivity contribution is 5.36. The number of hydrogen-bond donors (Lipinski definition) is 0. The normalized spacial score (nSPS) is 19.9. The SMILES string of the molecule is c1cc(N2CCC(Cc3noc(C4CC4)n3)CC2)ncn1. The molecule has 0 radical (unpaired) electrons. The van der Waals surface area contributed by atoms with Gasteiger partial charge in [-0.1, -0.05) is 5.16 Å². The molecule has 3 heterocycles. The maximum Gasteiger partial charge on any atom is 0.229 e. The fourth-order valence-corrected chi connectivity index (χ4v) is 2.94. The molecule has 1 saturated carbocycles. The topological polar surface area (TPSA) is 67.9 Å². The highest BCUT2D eigenvalue weighted by atomic mass is 16.5. The number of hydrogen-bond acceptors (Lipinski definition) is 6. The molecule has 0 bridgehead atoms. The van der Waals surface area contributed by atoms with Crippen LogP contribution in [0.5, 0.6) is 0 Å². The largest absolute Gasteiger partial charge is 0.357 e. The molecule has 2 aromatic heterocycles. The summed E-state index contributed by atoms with van der Waals surface area (Å²) < 4.78 is 5.33. The van der Waals surface area contributed by atoms with Crippen LogP contribution in [0.1, 0.15) is 43.3 Å². The fourth-order valence-electron chi connectivity index (χ4n) is 2.94. The Balaban J connectivity index is 1.32. The number of rotatable bonds is 4. The monoisotopic (exact) mass is 285 g/mol. The molecule has 2 fully saturated rings. The van der Waals surface area contributed by atoms with Crippen LogP contribution in [0, 0.1) is 5.92 Å². The first-order valence-electron chi connectivity index (χ1n) is 7.72. The Hall–Kier alpha value is -1.98. The highest BCUT2D eigenvalue weighted by Gasteiger charge is 2.30. The van der Waals surface area contributed by atoms with E-state index in [0.717, 1.165) is 49.9 Å². The summed E-state index contributed by atoms with van der Waals surface area (Å²) in [6, 6.07) is 1.97. The molecule has 0 amide bonds. The average molecular weight is 285 g/mol. The van der Waals surface area contributed by atoms with Crippen LogP contribution in [-0.4, -0.2) is 33.2 Å². The quantitative estimate of drug-likeness (QED) is 0.858. The van der Waals surface area contributed by atoms with Crippen LogP contribution in [0.4, 0.5) is 5.82 Å². The Morgan fingerprint density at radius 2 is 2.05 bits per heavy atom. The molecule has 1 saturated heterocycles. The molecule has 1 aliphatic heterocycles. The van der Waals surface area contributed by atoms with E-state index >= 15 is 0 Å². The summed E-state index contributed by atoms with van der Waals surface area (Å²) >= 11 is 0. The third-order valence-electron chi connectivity index (χ3n) is 4.39. The van der Waals surface area contributed by atoms with Gasteiger partial charge in [-0.2, -0.15) is 4.98 Å². The summed E-state index contributed by atoms with van der Waals surface area (Å²) in [6.45, 7) is 2.07. The van der Waals surface area contributed by atoms with Crippen LogP contribution in [-0.2, 0) is 6.42 Å². The molecule has 6 heteroatoms. The molecule has 2 aliphatic rings. The average Bonchev–Trinajstić information content (AvgIpc) is 3.29. The molecule has 110 valence electrons. The molecule has 0 N–H and O–H groups in total. The minimum absolute atomic E-state index is 0.547. The second-order valence-electron chi connectivity index (χ2n) is 6.03. The first-order chi connectivity index (χ1) is 10.4. The second-order valence-corrected chi connectivity index (χ2v) is 6.03. The summed E-state index contributed by atoms with van der Waals surface area (Å²) in [4.78, 5) is 15.1. The molecule has 0 unspecified atom stereocenters. The lowest BCUT2D eigenvalue weighted by Crippen LogP contribution is -2.34. The van der Waals surface area contributed by atoms with Crippen LogP contribution < -0.4 is 4.90 Å². The van der Waals surface area contributed by atoms with Gasteiger partial charge in [0.15, 0.2) is 5.82 Å². The van der Waals surface area contributed by atoms with E-state index in [1.165, 1.54) is 12.8 Å². The summed E-state index contributed by atoms with van der Waals surface area (Å²) in [6.07, 6.45) is 9.06. The maximum atomic E-state index is 5.33. The van der Waals surface area contributed by atoms with E-state index in [-0.39, 0.29) is 0 Å². The lowest BCUT2D eigenvalue weighted by molar-refractivity contribution is 0.358. The van der Waals surface area contributed by atoms with E-state index in [2.05, 4.69) is 25.0 Å². The maximum absolute atomic E-state index is 5.33. The number of piperidine rings is 1. The standard InChI is InChI=1S/C15H19N5O/c1-2-12(1)15-18-13(19-21-15)9-11-4-7-20(8-5-11)14-3-6-16-10-17-14/h3,6,10-12H,1-2,4-5,7-9H2. The van der Waals surface area contributed by atoms with Gasteiger partial charge in [0.1, 0.15) is 12.1 Å². The fraction of sp³-hybridized carbons (Fsp3) is 0.600. The Morgan fingerprint density at radius 3 is 2.76 bits per heavy atom. The molecule has 21 heavy (non-hydrogen) atoms. The Bertz CT molecular complexity index is 587. The number of anilines is 1. The Morgan fingerprint density at radius 1 is 1.19 bits per heavy atom. The van der Waals surface area contributed by atoms with Gasteiger partial charge in [0, 0.05) is 31.6 Å². The van der Waals surface area contributed by atoms with Crippen LogP contribution in [0.3, 0.4) is 0 Å². The van der Waals surface area contributed by atoms with Crippen LogP contribution in [0.2, 0.25) is 0 Å². The first-order valence-corrected chi connectivity index (χ1v) is 7.72. The molecule has 0 atom stereocenters. The van der Waals surface area contributed by atoms with Gasteiger partial charge in [0.2, 0.25) is 5.89 Å². The van der Waals surface area contributed by atoms with Crippen molar-refractivity contribution in [1.82, 2.24) is 20.1 Å². The third kappa shape index (κ3) is 2.89. The summed E-state index contributed by atoms with van der Waals surface area (Å²) in [5.74, 6) is 3.96. The Kier molecular flexibility index (Phi) is 3.29. The van der Waals surface area contributed by atoms with Crippen molar-refractivity contribution in [3.63, 3.8) is 0 Å². The molecule has 2 aromatic rings.